The molecule has 0 spiro atoms. The van der Waals surface area contributed by atoms with Gasteiger partial charge in [0, 0.05) is 37.9 Å². The predicted octanol–water partition coefficient (Wildman–Crippen LogP) is 0.858. The van der Waals surface area contributed by atoms with Crippen molar-refractivity contribution in [3.05, 3.63) is 18.0 Å². The third-order valence-corrected chi connectivity index (χ3v) is 4.07. The number of hydrogen-bond acceptors (Lipinski definition) is 4. The molecule has 1 aliphatic rings. The van der Waals surface area contributed by atoms with E-state index in [0.717, 1.165) is 18.6 Å². The van der Waals surface area contributed by atoms with Gasteiger partial charge in [-0.05, 0) is 19.4 Å². The van der Waals surface area contributed by atoms with Crippen molar-refractivity contribution in [2.75, 3.05) is 20.2 Å². The van der Waals surface area contributed by atoms with Crippen molar-refractivity contribution in [3.8, 4) is 0 Å². The van der Waals surface area contributed by atoms with Crippen LogP contribution in [0.3, 0.4) is 0 Å². The molecular formula is C15H26N4O2. The van der Waals surface area contributed by atoms with E-state index in [4.69, 9.17) is 4.74 Å². The van der Waals surface area contributed by atoms with Crippen molar-refractivity contribution in [3.63, 3.8) is 0 Å². The maximum atomic E-state index is 12.4. The number of hydrogen-bond donors (Lipinski definition) is 2. The zero-order chi connectivity index (χ0) is 15.4. The topological polar surface area (TPSA) is 68.2 Å². The second-order valence-electron chi connectivity index (χ2n) is 6.04. The van der Waals surface area contributed by atoms with Crippen molar-refractivity contribution in [2.24, 2.45) is 18.9 Å². The maximum Gasteiger partial charge on any atom is 0.241 e. The molecule has 0 radical (unpaired) electrons. The van der Waals surface area contributed by atoms with Crippen molar-refractivity contribution >= 4 is 5.91 Å². The summed E-state index contributed by atoms with van der Waals surface area (Å²) < 4.78 is 7.45. The summed E-state index contributed by atoms with van der Waals surface area (Å²) in [4.78, 5) is 12.4. The number of nitrogens with zero attached hydrogens (tertiary/aromatic N) is 2. The van der Waals surface area contributed by atoms with E-state index in [9.17, 15) is 4.79 Å². The summed E-state index contributed by atoms with van der Waals surface area (Å²) in [6.07, 6.45) is 4.84. The number of aromatic nitrogens is 2. The summed E-state index contributed by atoms with van der Waals surface area (Å²) >= 11 is 0. The largest absolute Gasteiger partial charge is 0.378 e. The van der Waals surface area contributed by atoms with Gasteiger partial charge in [-0.25, -0.2) is 0 Å². The number of ether oxygens (including phenoxy) is 1. The quantitative estimate of drug-likeness (QED) is 0.816. The van der Waals surface area contributed by atoms with Crippen LogP contribution in [-0.4, -0.2) is 42.0 Å². The Morgan fingerprint density at radius 3 is 2.90 bits per heavy atom. The van der Waals surface area contributed by atoms with Crippen LogP contribution in [0, 0.1) is 11.8 Å². The molecule has 1 amide bonds. The molecule has 21 heavy (non-hydrogen) atoms. The van der Waals surface area contributed by atoms with Gasteiger partial charge in [-0.3, -0.25) is 9.48 Å². The fraction of sp³-hybridized carbons (Fsp3) is 0.733. The Kier molecular flexibility index (Phi) is 5.36. The first-order valence-electron chi connectivity index (χ1n) is 7.58. The summed E-state index contributed by atoms with van der Waals surface area (Å²) in [5.74, 6) is 0.869. The lowest BCUT2D eigenvalue weighted by molar-refractivity contribution is -0.123. The second kappa shape index (κ2) is 7.04. The number of likely N-dealkylation sites (N-methyl/N-ethyl adjacent to an activating group) is 1. The van der Waals surface area contributed by atoms with E-state index >= 15 is 0 Å². The first kappa shape index (κ1) is 16.0. The summed E-state index contributed by atoms with van der Waals surface area (Å²) in [7, 11) is 3.63. The minimum absolute atomic E-state index is 0.0140. The molecule has 2 heterocycles. The first-order valence-corrected chi connectivity index (χ1v) is 7.58. The first-order chi connectivity index (χ1) is 10.0. The third kappa shape index (κ3) is 3.83. The average molecular weight is 294 g/mol. The van der Waals surface area contributed by atoms with Gasteiger partial charge < -0.3 is 15.4 Å². The van der Waals surface area contributed by atoms with Gasteiger partial charge in [-0.1, -0.05) is 13.8 Å². The van der Waals surface area contributed by atoms with Crippen LogP contribution in [-0.2, 0) is 16.6 Å². The summed E-state index contributed by atoms with van der Waals surface area (Å²) in [5.41, 5.74) is 0.876. The van der Waals surface area contributed by atoms with Crippen LogP contribution in [0.5, 0.6) is 0 Å². The van der Waals surface area contributed by atoms with Gasteiger partial charge in [-0.15, -0.1) is 0 Å². The molecule has 3 atom stereocenters. The molecule has 6 heteroatoms. The van der Waals surface area contributed by atoms with E-state index in [-0.39, 0.29) is 18.1 Å². The second-order valence-corrected chi connectivity index (χ2v) is 6.04. The van der Waals surface area contributed by atoms with Gasteiger partial charge >= 0.3 is 0 Å². The lowest BCUT2D eigenvalue weighted by atomic mass is 9.93. The van der Waals surface area contributed by atoms with Crippen molar-refractivity contribution in [1.82, 2.24) is 20.4 Å². The Labute approximate surface area is 126 Å². The molecule has 2 N–H and O–H groups in total. The van der Waals surface area contributed by atoms with Crippen LogP contribution >= 0.6 is 0 Å². The van der Waals surface area contributed by atoms with Crippen molar-refractivity contribution in [2.45, 2.75) is 32.4 Å². The predicted molar refractivity (Wildman–Crippen MR) is 80.7 cm³/mol. The Hall–Kier alpha value is -1.40. The van der Waals surface area contributed by atoms with E-state index < -0.39 is 0 Å². The zero-order valence-electron chi connectivity index (χ0n) is 13.3. The maximum absolute atomic E-state index is 12.4. The minimum atomic E-state index is -0.362. The average Bonchev–Trinajstić information content (AvgIpc) is 3.06. The molecule has 1 aromatic heterocycles. The Bertz CT molecular complexity index is 472. The minimum Gasteiger partial charge on any atom is -0.378 e. The molecule has 1 fully saturated rings. The van der Waals surface area contributed by atoms with Crippen LogP contribution in [0.4, 0.5) is 0 Å². The molecule has 0 aromatic carbocycles. The molecule has 0 aliphatic carbocycles. The highest BCUT2D eigenvalue weighted by Gasteiger charge is 2.31. The van der Waals surface area contributed by atoms with Gasteiger partial charge in [0.15, 0.2) is 0 Å². The van der Waals surface area contributed by atoms with Gasteiger partial charge in [-0.2, -0.15) is 5.10 Å². The van der Waals surface area contributed by atoms with E-state index in [1.54, 1.807) is 17.9 Å². The highest BCUT2D eigenvalue weighted by atomic mass is 16.5. The smallest absolute Gasteiger partial charge is 0.241 e. The van der Waals surface area contributed by atoms with E-state index in [1.807, 2.05) is 13.2 Å². The number of nitrogens with one attached hydrogen (secondary N) is 2. The van der Waals surface area contributed by atoms with Gasteiger partial charge in [0.25, 0.3) is 0 Å². The highest BCUT2D eigenvalue weighted by Crippen LogP contribution is 2.26. The summed E-state index contributed by atoms with van der Waals surface area (Å²) in [5, 5.41) is 10.2. The molecular weight excluding hydrogens is 268 g/mol. The zero-order valence-corrected chi connectivity index (χ0v) is 13.3. The molecule has 118 valence electrons. The Morgan fingerprint density at radius 1 is 1.57 bits per heavy atom. The van der Waals surface area contributed by atoms with E-state index in [1.165, 1.54) is 0 Å². The molecule has 6 nitrogen and oxygen atoms in total. The van der Waals surface area contributed by atoms with Gasteiger partial charge in [0.05, 0.1) is 12.3 Å². The lowest BCUT2D eigenvalue weighted by Crippen LogP contribution is -2.40. The van der Waals surface area contributed by atoms with Crippen LogP contribution in [0.15, 0.2) is 12.4 Å². The molecule has 0 bridgehead atoms. The molecule has 0 saturated carbocycles. The monoisotopic (exact) mass is 294 g/mol. The lowest BCUT2D eigenvalue weighted by Gasteiger charge is -2.23. The molecule has 2 rings (SSSR count). The number of amides is 1. The van der Waals surface area contributed by atoms with Crippen LogP contribution in [0.25, 0.3) is 0 Å². The van der Waals surface area contributed by atoms with Crippen LogP contribution in [0.2, 0.25) is 0 Å². The molecule has 3 unspecified atom stereocenters. The molecule has 1 saturated heterocycles. The summed E-state index contributed by atoms with van der Waals surface area (Å²) in [6, 6.07) is -0.362. The van der Waals surface area contributed by atoms with Crippen LogP contribution < -0.4 is 10.6 Å². The van der Waals surface area contributed by atoms with Crippen molar-refractivity contribution < 1.29 is 9.53 Å². The van der Waals surface area contributed by atoms with Gasteiger partial charge in [0.1, 0.15) is 6.04 Å². The highest BCUT2D eigenvalue weighted by molar-refractivity contribution is 5.83. The van der Waals surface area contributed by atoms with Crippen molar-refractivity contribution in [1.29, 1.82) is 0 Å². The number of rotatable bonds is 6. The normalized spacial score (nSPS) is 23.5. The number of carbonyl (C=O) groups is 1. The fourth-order valence-corrected chi connectivity index (χ4v) is 2.98. The van der Waals surface area contributed by atoms with E-state index in [2.05, 4.69) is 29.6 Å². The Balaban J connectivity index is 1.91. The fourth-order valence-electron chi connectivity index (χ4n) is 2.98. The van der Waals surface area contributed by atoms with Gasteiger partial charge in [0.2, 0.25) is 5.91 Å². The standard InChI is InChI=1S/C15H26N4O2/c1-10(2)14-11(5-6-21-14)7-17-15(20)13(16-3)12-8-18-19(4)9-12/h8-11,13-14,16H,5-7H2,1-4H3,(H,17,20). The summed E-state index contributed by atoms with van der Waals surface area (Å²) in [6.45, 7) is 5.79. The third-order valence-electron chi connectivity index (χ3n) is 4.07. The molecule has 1 aromatic rings. The molecule has 1 aliphatic heterocycles. The van der Waals surface area contributed by atoms with E-state index in [0.29, 0.717) is 18.4 Å². The SMILES string of the molecule is CNC(C(=O)NCC1CCOC1C(C)C)c1cnn(C)c1. The number of aryl methyl sites for hydroxylation is 1. The van der Waals surface area contributed by atoms with Crippen LogP contribution in [0.1, 0.15) is 31.9 Å². The Morgan fingerprint density at radius 2 is 2.33 bits per heavy atom. The number of carbonyl (C=O) groups excluding carboxylic acids is 1.